The summed E-state index contributed by atoms with van der Waals surface area (Å²) < 4.78 is 2.32. The van der Waals surface area contributed by atoms with Gasteiger partial charge in [0.1, 0.15) is 17.4 Å². The van der Waals surface area contributed by atoms with Gasteiger partial charge in [-0.05, 0) is 62.7 Å². The van der Waals surface area contributed by atoms with E-state index in [1.54, 1.807) is 6.07 Å². The molecule has 2 aromatic rings. The van der Waals surface area contributed by atoms with Crippen LogP contribution in [0.15, 0.2) is 70.1 Å². The molecule has 45 heavy (non-hydrogen) atoms. The molecule has 0 aliphatic heterocycles. The number of hydrogen-bond donors (Lipinski definition) is 1. The number of aromatic nitrogens is 2. The fourth-order valence-corrected chi connectivity index (χ4v) is 5.73. The second-order valence-electron chi connectivity index (χ2n) is 13.1. The van der Waals surface area contributed by atoms with E-state index in [0.29, 0.717) is 5.92 Å². The number of phenols is 1. The zero-order valence-corrected chi connectivity index (χ0v) is 30.0. The van der Waals surface area contributed by atoms with Crippen LogP contribution in [0.1, 0.15) is 144 Å². The SMILES string of the molecule is C=C(C(C)CC)C(C)/C(C)=C(/CCn1ccnc1CCCCCCCCCCC)N=C(N=C(C)c1ccccc1O)C(C)CC. The molecule has 5 heteroatoms. The molecule has 0 fully saturated rings. The van der Waals surface area contributed by atoms with Gasteiger partial charge in [0, 0.05) is 49.0 Å². The third kappa shape index (κ3) is 12.8. The molecule has 3 unspecified atom stereocenters. The highest BCUT2D eigenvalue weighted by Gasteiger charge is 2.19. The fourth-order valence-electron chi connectivity index (χ4n) is 5.73. The van der Waals surface area contributed by atoms with E-state index in [1.165, 1.54) is 74.8 Å². The Bertz CT molecular complexity index is 1250. The number of amidine groups is 1. The van der Waals surface area contributed by atoms with Gasteiger partial charge in [-0.3, -0.25) is 0 Å². The summed E-state index contributed by atoms with van der Waals surface area (Å²) in [6.07, 6.45) is 19.9. The predicted molar refractivity (Wildman–Crippen MR) is 195 cm³/mol. The Morgan fingerprint density at radius 1 is 0.867 bits per heavy atom. The topological polar surface area (TPSA) is 62.8 Å². The summed E-state index contributed by atoms with van der Waals surface area (Å²) in [6.45, 7) is 22.9. The highest BCUT2D eigenvalue weighted by molar-refractivity contribution is 6.08. The number of allylic oxidation sites excluding steroid dienone is 3. The van der Waals surface area contributed by atoms with Crippen LogP contribution in [0.2, 0.25) is 0 Å². The third-order valence-electron chi connectivity index (χ3n) is 9.68. The largest absolute Gasteiger partial charge is 0.507 e. The number of imidazole rings is 1. The Morgan fingerprint density at radius 2 is 1.49 bits per heavy atom. The minimum atomic E-state index is 0.178. The average molecular weight is 617 g/mol. The normalized spacial score (nSPS) is 15.1. The van der Waals surface area contributed by atoms with E-state index in [2.05, 4.69) is 65.8 Å². The van der Waals surface area contributed by atoms with Crippen LogP contribution >= 0.6 is 0 Å². The molecule has 0 bridgehead atoms. The quantitative estimate of drug-likeness (QED) is 0.0656. The van der Waals surface area contributed by atoms with Gasteiger partial charge in [-0.2, -0.15) is 0 Å². The molecule has 1 aromatic carbocycles. The number of rotatable bonds is 21. The van der Waals surface area contributed by atoms with E-state index >= 15 is 0 Å². The van der Waals surface area contributed by atoms with Crippen molar-refractivity contribution in [1.82, 2.24) is 9.55 Å². The number of para-hydroxylation sites is 1. The number of phenolic OH excluding ortho intramolecular Hbond substituents is 1. The molecule has 250 valence electrons. The minimum Gasteiger partial charge on any atom is -0.507 e. The number of aryl methyl sites for hydroxylation is 2. The van der Waals surface area contributed by atoms with Crippen LogP contribution in [-0.2, 0) is 13.0 Å². The number of aromatic hydroxyl groups is 1. The van der Waals surface area contributed by atoms with Crippen molar-refractivity contribution in [2.45, 2.75) is 145 Å². The molecule has 0 saturated carbocycles. The standard InChI is InChI=1S/C40H64N4O/c1-10-13-14-15-16-17-18-19-20-25-39-41-27-29-44(39)28-26-37(34(8)33(7)32(6)30(4)11-2)43-40(31(5)12-3)42-35(9)36-23-21-22-24-38(36)45/h21-24,27,29-31,33,45H,6,10-20,25-26,28H2,1-5,7-9H3/b37-34-,42-35?,43-40?. The summed E-state index contributed by atoms with van der Waals surface area (Å²) in [5, 5.41) is 10.5. The third-order valence-corrected chi connectivity index (χ3v) is 9.68. The smallest absolute Gasteiger partial charge is 0.131 e. The molecule has 1 N–H and O–H groups in total. The summed E-state index contributed by atoms with van der Waals surface area (Å²) in [5.41, 5.74) is 5.12. The Kier molecular flexibility index (Phi) is 17.8. The van der Waals surface area contributed by atoms with Gasteiger partial charge in [0.2, 0.25) is 0 Å². The van der Waals surface area contributed by atoms with E-state index in [4.69, 9.17) is 15.0 Å². The van der Waals surface area contributed by atoms with Crippen molar-refractivity contribution in [2.24, 2.45) is 27.7 Å². The molecule has 0 radical (unpaired) electrons. The number of benzene rings is 1. The first-order chi connectivity index (χ1) is 21.6. The van der Waals surface area contributed by atoms with Crippen LogP contribution in [0, 0.1) is 17.8 Å². The maximum Gasteiger partial charge on any atom is 0.131 e. The highest BCUT2D eigenvalue weighted by atomic mass is 16.3. The van der Waals surface area contributed by atoms with Crippen molar-refractivity contribution >= 4 is 11.5 Å². The molecular formula is C40H64N4O. The zero-order chi connectivity index (χ0) is 33.2. The van der Waals surface area contributed by atoms with Crippen LogP contribution in [0.3, 0.4) is 0 Å². The second kappa shape index (κ2) is 21.0. The van der Waals surface area contributed by atoms with Crippen molar-refractivity contribution in [3.05, 3.63) is 71.5 Å². The van der Waals surface area contributed by atoms with Gasteiger partial charge in [0.05, 0.1) is 5.71 Å². The number of hydrogen-bond acceptors (Lipinski definition) is 3. The number of aliphatic imine (C=N–C) groups is 2. The Morgan fingerprint density at radius 3 is 2.11 bits per heavy atom. The zero-order valence-electron chi connectivity index (χ0n) is 30.0. The van der Waals surface area contributed by atoms with Gasteiger partial charge < -0.3 is 9.67 Å². The van der Waals surface area contributed by atoms with E-state index in [-0.39, 0.29) is 17.6 Å². The number of nitrogens with zero attached hydrogens (tertiary/aromatic N) is 4. The average Bonchev–Trinajstić information content (AvgIpc) is 3.50. The molecule has 0 aliphatic rings. The van der Waals surface area contributed by atoms with E-state index < -0.39 is 0 Å². The molecule has 0 aliphatic carbocycles. The monoisotopic (exact) mass is 617 g/mol. The van der Waals surface area contributed by atoms with E-state index in [1.807, 2.05) is 31.3 Å². The summed E-state index contributed by atoms with van der Waals surface area (Å²) in [7, 11) is 0. The lowest BCUT2D eigenvalue weighted by molar-refractivity contribution is 0.474. The maximum atomic E-state index is 10.5. The minimum absolute atomic E-state index is 0.178. The molecule has 1 heterocycles. The van der Waals surface area contributed by atoms with Crippen molar-refractivity contribution in [3.8, 4) is 5.75 Å². The molecule has 0 spiro atoms. The molecule has 2 rings (SSSR count). The summed E-state index contributed by atoms with van der Waals surface area (Å²) >= 11 is 0. The van der Waals surface area contributed by atoms with Crippen LogP contribution in [0.5, 0.6) is 5.75 Å². The summed E-state index contributed by atoms with van der Waals surface area (Å²) in [6, 6.07) is 7.40. The lowest BCUT2D eigenvalue weighted by Gasteiger charge is -2.23. The molecule has 5 nitrogen and oxygen atoms in total. The van der Waals surface area contributed by atoms with Gasteiger partial charge in [0.25, 0.3) is 0 Å². The van der Waals surface area contributed by atoms with Crippen LogP contribution < -0.4 is 0 Å². The van der Waals surface area contributed by atoms with Crippen LogP contribution in [-0.4, -0.2) is 26.2 Å². The Hall–Kier alpha value is -2.95. The molecule has 0 saturated heterocycles. The molecule has 3 atom stereocenters. The first kappa shape index (κ1) is 38.2. The van der Waals surface area contributed by atoms with Crippen molar-refractivity contribution < 1.29 is 5.11 Å². The lowest BCUT2D eigenvalue weighted by atomic mass is 9.84. The summed E-state index contributed by atoms with van der Waals surface area (Å²) in [5.74, 6) is 3.09. The fraction of sp³-hybridized carbons (Fsp3) is 0.625. The Labute approximate surface area is 276 Å². The molecule has 0 amide bonds. The first-order valence-electron chi connectivity index (χ1n) is 17.9. The van der Waals surface area contributed by atoms with Gasteiger partial charge in [-0.25, -0.2) is 15.0 Å². The van der Waals surface area contributed by atoms with Gasteiger partial charge in [0.15, 0.2) is 0 Å². The van der Waals surface area contributed by atoms with Gasteiger partial charge in [-0.15, -0.1) is 0 Å². The van der Waals surface area contributed by atoms with Crippen LogP contribution in [0.25, 0.3) is 0 Å². The maximum absolute atomic E-state index is 10.5. The van der Waals surface area contributed by atoms with Gasteiger partial charge in [-0.1, -0.05) is 117 Å². The molecular weight excluding hydrogens is 552 g/mol. The summed E-state index contributed by atoms with van der Waals surface area (Å²) in [4.78, 5) is 15.1. The lowest BCUT2D eigenvalue weighted by Crippen LogP contribution is -2.14. The highest BCUT2D eigenvalue weighted by Crippen LogP contribution is 2.31. The van der Waals surface area contributed by atoms with Crippen molar-refractivity contribution in [2.75, 3.05) is 0 Å². The van der Waals surface area contributed by atoms with E-state index in [9.17, 15) is 5.11 Å². The van der Waals surface area contributed by atoms with Crippen molar-refractivity contribution in [3.63, 3.8) is 0 Å². The van der Waals surface area contributed by atoms with Crippen molar-refractivity contribution in [1.29, 1.82) is 0 Å². The van der Waals surface area contributed by atoms with E-state index in [0.717, 1.165) is 55.0 Å². The Balaban J connectivity index is 2.29. The van der Waals surface area contributed by atoms with Crippen LogP contribution in [0.4, 0.5) is 0 Å². The second-order valence-corrected chi connectivity index (χ2v) is 13.1. The van der Waals surface area contributed by atoms with Gasteiger partial charge >= 0.3 is 0 Å². The first-order valence-corrected chi connectivity index (χ1v) is 17.9. The number of unbranched alkanes of at least 4 members (excludes halogenated alkanes) is 8. The molecule has 1 aromatic heterocycles. The predicted octanol–water partition coefficient (Wildman–Crippen LogP) is 11.5.